The molecule has 2 aromatic carbocycles. The molecular formula is C27H22ClF3N2O3. The van der Waals surface area contributed by atoms with Crippen LogP contribution in [-0.2, 0) is 27.0 Å². The fourth-order valence-electron chi connectivity index (χ4n) is 6.44. The maximum atomic E-state index is 13.7. The van der Waals surface area contributed by atoms with Crippen LogP contribution in [0, 0.1) is 35.5 Å². The number of hydrogen-bond acceptors (Lipinski definition) is 3. The lowest BCUT2D eigenvalue weighted by atomic mass is 9.63. The molecule has 1 heterocycles. The summed E-state index contributed by atoms with van der Waals surface area (Å²) in [7, 11) is 0. The highest BCUT2D eigenvalue weighted by Crippen LogP contribution is 2.65. The number of alkyl halides is 3. The van der Waals surface area contributed by atoms with Crippen LogP contribution < -0.4 is 5.32 Å². The highest BCUT2D eigenvalue weighted by molar-refractivity contribution is 6.33. The largest absolute Gasteiger partial charge is 0.416 e. The Balaban J connectivity index is 1.34. The number of nitrogens with one attached hydrogen (secondary N) is 1. The van der Waals surface area contributed by atoms with Crippen LogP contribution >= 0.6 is 11.6 Å². The van der Waals surface area contributed by atoms with Crippen molar-refractivity contribution in [1.29, 1.82) is 0 Å². The lowest BCUT2D eigenvalue weighted by Gasteiger charge is -2.37. The zero-order chi connectivity index (χ0) is 25.4. The first-order valence-electron chi connectivity index (χ1n) is 11.9. The molecule has 0 unspecified atom stereocenters. The minimum atomic E-state index is -4.63. The molecule has 0 radical (unpaired) electrons. The lowest BCUT2D eigenvalue weighted by Crippen LogP contribution is -2.49. The zero-order valence-corrected chi connectivity index (χ0v) is 19.7. The topological polar surface area (TPSA) is 66.5 Å². The van der Waals surface area contributed by atoms with Gasteiger partial charge in [0.1, 0.15) is 6.04 Å². The van der Waals surface area contributed by atoms with E-state index in [0.29, 0.717) is 17.4 Å². The second-order valence-corrected chi connectivity index (χ2v) is 10.5. The van der Waals surface area contributed by atoms with E-state index in [1.807, 2.05) is 12.2 Å². The predicted octanol–water partition coefficient (Wildman–Crippen LogP) is 4.96. The minimum Gasteiger partial charge on any atom is -0.323 e. The van der Waals surface area contributed by atoms with Gasteiger partial charge in [-0.25, -0.2) is 0 Å². The Morgan fingerprint density at radius 2 is 1.61 bits per heavy atom. The second kappa shape index (κ2) is 8.20. The van der Waals surface area contributed by atoms with Gasteiger partial charge in [-0.1, -0.05) is 54.1 Å². The van der Waals surface area contributed by atoms with Crippen LogP contribution in [0.25, 0.3) is 0 Å². The summed E-state index contributed by atoms with van der Waals surface area (Å²) in [5.74, 6) is -1.69. The number of likely N-dealkylation sites (tertiary alicyclic amines) is 1. The quantitative estimate of drug-likeness (QED) is 0.453. The molecule has 2 aromatic rings. The Kier molecular flexibility index (Phi) is 5.30. The van der Waals surface area contributed by atoms with E-state index in [1.165, 1.54) is 0 Å². The maximum Gasteiger partial charge on any atom is 0.416 e. The van der Waals surface area contributed by atoms with Crippen LogP contribution in [0.5, 0.6) is 0 Å². The Labute approximate surface area is 210 Å². The van der Waals surface area contributed by atoms with Crippen molar-refractivity contribution in [1.82, 2.24) is 4.90 Å². The molecule has 0 spiro atoms. The molecule has 2 saturated carbocycles. The van der Waals surface area contributed by atoms with Crippen LogP contribution in [0.3, 0.4) is 0 Å². The van der Waals surface area contributed by atoms with Crippen molar-refractivity contribution in [2.45, 2.75) is 25.1 Å². The summed E-state index contributed by atoms with van der Waals surface area (Å²) in [6.07, 6.45) is 0.511. The summed E-state index contributed by atoms with van der Waals surface area (Å²) in [4.78, 5) is 41.9. The molecule has 1 N–H and O–H groups in total. The van der Waals surface area contributed by atoms with Crippen molar-refractivity contribution in [3.05, 3.63) is 76.8 Å². The number of benzene rings is 2. The summed E-state index contributed by atoms with van der Waals surface area (Å²) < 4.78 is 39.8. The number of allylic oxidation sites excluding steroid dienone is 2. The molecule has 1 aliphatic heterocycles. The molecule has 5 aliphatic rings. The van der Waals surface area contributed by atoms with Gasteiger partial charge in [0.2, 0.25) is 17.7 Å². The average Bonchev–Trinajstić information content (AvgIpc) is 3.62. The van der Waals surface area contributed by atoms with Gasteiger partial charge in [-0.15, -0.1) is 0 Å². The van der Waals surface area contributed by atoms with Crippen LogP contribution in [-0.4, -0.2) is 28.7 Å². The van der Waals surface area contributed by atoms with Gasteiger partial charge in [0.25, 0.3) is 0 Å². The number of halogens is 4. The highest BCUT2D eigenvalue weighted by Gasteiger charge is 2.67. The molecule has 2 bridgehead atoms. The van der Waals surface area contributed by atoms with Crippen LogP contribution in [0.4, 0.5) is 18.9 Å². The van der Waals surface area contributed by atoms with Gasteiger partial charge >= 0.3 is 6.18 Å². The fraction of sp³-hybridized carbons (Fsp3) is 0.370. The van der Waals surface area contributed by atoms with Gasteiger partial charge < -0.3 is 5.32 Å². The van der Waals surface area contributed by atoms with Gasteiger partial charge in [-0.3, -0.25) is 19.3 Å². The van der Waals surface area contributed by atoms with Gasteiger partial charge in [0, 0.05) is 6.42 Å². The zero-order valence-electron chi connectivity index (χ0n) is 18.9. The smallest absolute Gasteiger partial charge is 0.323 e. The van der Waals surface area contributed by atoms with E-state index in [0.717, 1.165) is 29.5 Å². The molecular weight excluding hydrogens is 493 g/mol. The number of hydrogen-bond donors (Lipinski definition) is 1. The highest BCUT2D eigenvalue weighted by atomic mass is 35.5. The monoisotopic (exact) mass is 514 g/mol. The summed E-state index contributed by atoms with van der Waals surface area (Å²) in [6.45, 7) is 0. The Hall–Kier alpha value is -3.13. The first-order chi connectivity index (χ1) is 17.1. The Bertz CT molecular complexity index is 1260. The lowest BCUT2D eigenvalue weighted by molar-refractivity contribution is -0.146. The third kappa shape index (κ3) is 3.65. The minimum absolute atomic E-state index is 0.00945. The summed E-state index contributed by atoms with van der Waals surface area (Å²) >= 11 is 6.10. The number of carbonyl (C=O) groups excluding carboxylic acids is 3. The summed E-state index contributed by atoms with van der Waals surface area (Å²) in [6, 6.07) is 10.3. The van der Waals surface area contributed by atoms with E-state index < -0.39 is 35.5 Å². The second-order valence-electron chi connectivity index (χ2n) is 10.1. The molecule has 5 nitrogen and oxygen atoms in total. The third-order valence-corrected chi connectivity index (χ3v) is 8.46. The Morgan fingerprint density at radius 3 is 2.19 bits per heavy atom. The van der Waals surface area contributed by atoms with Crippen molar-refractivity contribution >= 4 is 35.0 Å². The van der Waals surface area contributed by atoms with Crippen LogP contribution in [0.2, 0.25) is 5.02 Å². The van der Waals surface area contributed by atoms with Crippen molar-refractivity contribution in [2.75, 3.05) is 5.32 Å². The molecule has 7 atom stereocenters. The first kappa shape index (κ1) is 23.3. The van der Waals surface area contributed by atoms with Crippen LogP contribution in [0.1, 0.15) is 17.5 Å². The van der Waals surface area contributed by atoms with E-state index in [4.69, 9.17) is 11.6 Å². The fourth-order valence-corrected chi connectivity index (χ4v) is 6.60. The molecule has 3 fully saturated rings. The Morgan fingerprint density at radius 1 is 1.00 bits per heavy atom. The van der Waals surface area contributed by atoms with Crippen molar-refractivity contribution in [3.63, 3.8) is 0 Å². The van der Waals surface area contributed by atoms with Gasteiger partial charge in [-0.05, 0) is 53.9 Å². The summed E-state index contributed by atoms with van der Waals surface area (Å²) in [5, 5.41) is 2.39. The van der Waals surface area contributed by atoms with E-state index in [1.54, 1.807) is 30.3 Å². The number of amides is 3. The SMILES string of the molecule is O=C(Nc1cc(C(F)(F)F)ccc1Cl)[C@H](Cc1ccccc1)N1C(=O)[C@@H]2[C@@H]3C=C[C@H]([C@H]4C[C@@H]34)[C@@H]2C1=O. The predicted molar refractivity (Wildman–Crippen MR) is 126 cm³/mol. The van der Waals surface area contributed by atoms with E-state index in [9.17, 15) is 27.6 Å². The van der Waals surface area contributed by atoms with Gasteiger partial charge in [0.15, 0.2) is 0 Å². The number of rotatable bonds is 5. The van der Waals surface area contributed by atoms with Gasteiger partial charge in [-0.2, -0.15) is 13.2 Å². The number of nitrogens with zero attached hydrogens (tertiary/aromatic N) is 1. The van der Waals surface area contributed by atoms with Gasteiger partial charge in [0.05, 0.1) is 28.1 Å². The molecule has 4 aliphatic carbocycles. The van der Waals surface area contributed by atoms with Crippen molar-refractivity contribution < 1.29 is 27.6 Å². The number of anilines is 1. The number of imide groups is 1. The molecule has 7 rings (SSSR count). The standard InChI is InChI=1S/C27H22ClF3N2O3/c28-19-9-6-14(27(29,30)31)11-20(19)32-24(34)21(10-13-4-2-1-3-5-13)33-25(35)22-15-7-8-16(18-12-17(15)18)23(22)26(33)36/h1-9,11,15-18,21-23H,10,12H2,(H,32,34)/t15-,16-,17-,18+,21+,22+,23-/m1/s1. The first-order valence-corrected chi connectivity index (χ1v) is 12.3. The van der Waals surface area contributed by atoms with Crippen LogP contribution in [0.15, 0.2) is 60.7 Å². The van der Waals surface area contributed by atoms with Crippen molar-refractivity contribution in [2.24, 2.45) is 35.5 Å². The molecule has 3 amide bonds. The summed E-state index contributed by atoms with van der Waals surface area (Å²) in [5.41, 5.74) is -0.482. The number of carbonyl (C=O) groups is 3. The average molecular weight is 515 g/mol. The third-order valence-electron chi connectivity index (χ3n) is 8.13. The van der Waals surface area contributed by atoms with E-state index in [-0.39, 0.29) is 40.8 Å². The maximum absolute atomic E-state index is 13.7. The molecule has 36 heavy (non-hydrogen) atoms. The normalized spacial score (nSPS) is 30.7. The van der Waals surface area contributed by atoms with E-state index in [2.05, 4.69) is 5.32 Å². The molecule has 0 aromatic heterocycles. The van der Waals surface area contributed by atoms with Crippen molar-refractivity contribution in [3.8, 4) is 0 Å². The molecule has 1 saturated heterocycles. The molecule has 9 heteroatoms. The molecule has 186 valence electrons. The van der Waals surface area contributed by atoms with E-state index >= 15 is 0 Å².